The molecular weight excluding hydrogens is 220 g/mol. The summed E-state index contributed by atoms with van der Waals surface area (Å²) in [7, 11) is 0. The fraction of sp³-hybridized carbons (Fsp3) is 0.200. The molecule has 0 bridgehead atoms. The summed E-state index contributed by atoms with van der Waals surface area (Å²) < 4.78 is 0. The molecular formula is C10H10CrO3. The zero-order valence-corrected chi connectivity index (χ0v) is 8.91. The van der Waals surface area contributed by atoms with Crippen LogP contribution in [-0.2, 0) is 22.2 Å². The zero-order chi connectivity index (χ0) is 9.84. The second-order valence-corrected chi connectivity index (χ2v) is 2.74. The number of aliphatic hydroxyl groups excluding tert-OH is 1. The molecule has 0 saturated carbocycles. The Hall–Kier alpha value is -0.948. The number of hydrogen-bond donors (Lipinski definition) is 1. The molecule has 0 heterocycles. The summed E-state index contributed by atoms with van der Waals surface area (Å²) in [5, 5.41) is 9.15. The van der Waals surface area contributed by atoms with E-state index in [-0.39, 0.29) is 17.4 Å². The zero-order valence-electron chi connectivity index (χ0n) is 7.64. The number of carbonyl (C=O) groups is 2. The SMILES string of the molecule is CC(=O)C(O)C(=O)c1ccccc1.[Cr]. The maximum absolute atomic E-state index is 11.3. The van der Waals surface area contributed by atoms with Crippen LogP contribution in [0.5, 0.6) is 0 Å². The first kappa shape index (κ1) is 13.1. The fourth-order valence-corrected chi connectivity index (χ4v) is 0.945. The molecule has 0 fully saturated rings. The molecule has 0 aliphatic rings. The van der Waals surface area contributed by atoms with Crippen LogP contribution >= 0.6 is 0 Å². The van der Waals surface area contributed by atoms with E-state index in [9.17, 15) is 9.59 Å². The van der Waals surface area contributed by atoms with Crippen molar-refractivity contribution in [1.29, 1.82) is 0 Å². The van der Waals surface area contributed by atoms with E-state index in [4.69, 9.17) is 5.11 Å². The maximum atomic E-state index is 11.3. The van der Waals surface area contributed by atoms with E-state index in [2.05, 4.69) is 0 Å². The predicted molar refractivity (Wildman–Crippen MR) is 47.5 cm³/mol. The minimum Gasteiger partial charge on any atom is -0.377 e. The van der Waals surface area contributed by atoms with E-state index in [0.717, 1.165) is 0 Å². The molecule has 0 saturated heterocycles. The van der Waals surface area contributed by atoms with Gasteiger partial charge in [-0.15, -0.1) is 0 Å². The topological polar surface area (TPSA) is 54.4 Å². The number of Topliss-reactive ketones (excluding diaryl/α,β-unsaturated/α-hetero) is 2. The van der Waals surface area contributed by atoms with Crippen LogP contribution in [0.25, 0.3) is 0 Å². The van der Waals surface area contributed by atoms with E-state index >= 15 is 0 Å². The number of ketones is 2. The summed E-state index contributed by atoms with van der Waals surface area (Å²) in [6, 6.07) is 8.25. The molecule has 14 heavy (non-hydrogen) atoms. The molecule has 1 rings (SSSR count). The van der Waals surface area contributed by atoms with Crippen molar-refractivity contribution >= 4 is 11.6 Å². The van der Waals surface area contributed by atoms with Crippen molar-refractivity contribution in [3.63, 3.8) is 0 Å². The van der Waals surface area contributed by atoms with Gasteiger partial charge >= 0.3 is 0 Å². The van der Waals surface area contributed by atoms with Crippen LogP contribution in [0.15, 0.2) is 30.3 Å². The third-order valence-electron chi connectivity index (χ3n) is 1.69. The number of rotatable bonds is 3. The number of carbonyl (C=O) groups excluding carboxylic acids is 2. The molecule has 0 aliphatic heterocycles. The Labute approximate surface area is 92.9 Å². The van der Waals surface area contributed by atoms with Gasteiger partial charge in [-0.05, 0) is 6.92 Å². The van der Waals surface area contributed by atoms with Gasteiger partial charge in [-0.25, -0.2) is 0 Å². The monoisotopic (exact) mass is 230 g/mol. The van der Waals surface area contributed by atoms with Crippen molar-refractivity contribution in [2.75, 3.05) is 0 Å². The van der Waals surface area contributed by atoms with Gasteiger partial charge in [0.2, 0.25) is 0 Å². The molecule has 0 aliphatic carbocycles. The van der Waals surface area contributed by atoms with Crippen LogP contribution in [0.2, 0.25) is 0 Å². The van der Waals surface area contributed by atoms with Crippen molar-refractivity contribution in [3.8, 4) is 0 Å². The second-order valence-electron chi connectivity index (χ2n) is 2.74. The quantitative estimate of drug-likeness (QED) is 0.617. The van der Waals surface area contributed by atoms with Crippen molar-refractivity contribution < 1.29 is 32.1 Å². The number of hydrogen-bond acceptors (Lipinski definition) is 3. The normalized spacial score (nSPS) is 11.3. The van der Waals surface area contributed by atoms with Gasteiger partial charge < -0.3 is 5.11 Å². The summed E-state index contributed by atoms with van der Waals surface area (Å²) in [5.41, 5.74) is 0.352. The average molecular weight is 230 g/mol. The fourth-order valence-electron chi connectivity index (χ4n) is 0.945. The smallest absolute Gasteiger partial charge is 0.198 e. The van der Waals surface area contributed by atoms with Gasteiger partial charge in [0.05, 0.1) is 0 Å². The van der Waals surface area contributed by atoms with Gasteiger partial charge in [0.25, 0.3) is 0 Å². The van der Waals surface area contributed by atoms with Crippen molar-refractivity contribution in [1.82, 2.24) is 0 Å². The minimum absolute atomic E-state index is 0. The molecule has 1 atom stereocenters. The molecule has 0 spiro atoms. The van der Waals surface area contributed by atoms with E-state index in [0.29, 0.717) is 5.56 Å². The van der Waals surface area contributed by atoms with Crippen LogP contribution in [0, 0.1) is 0 Å². The molecule has 3 nitrogen and oxygen atoms in total. The van der Waals surface area contributed by atoms with Gasteiger partial charge in [-0.1, -0.05) is 30.3 Å². The van der Waals surface area contributed by atoms with Crippen molar-refractivity contribution in [2.45, 2.75) is 13.0 Å². The van der Waals surface area contributed by atoms with E-state index in [1.165, 1.54) is 6.92 Å². The summed E-state index contributed by atoms with van der Waals surface area (Å²) in [6.45, 7) is 1.19. The Bertz CT molecular complexity index is 321. The molecule has 1 aromatic rings. The Morgan fingerprint density at radius 1 is 1.21 bits per heavy atom. The van der Waals surface area contributed by atoms with E-state index in [1.54, 1.807) is 30.3 Å². The first-order chi connectivity index (χ1) is 6.13. The molecule has 0 radical (unpaired) electrons. The van der Waals surface area contributed by atoms with Gasteiger partial charge in [0, 0.05) is 22.9 Å². The van der Waals surface area contributed by atoms with Crippen LogP contribution in [0.1, 0.15) is 17.3 Å². The van der Waals surface area contributed by atoms with E-state index < -0.39 is 17.7 Å². The Kier molecular flexibility index (Phi) is 5.33. The molecule has 4 heteroatoms. The summed E-state index contributed by atoms with van der Waals surface area (Å²) in [6.07, 6.45) is -1.53. The molecule has 0 aromatic heterocycles. The van der Waals surface area contributed by atoms with Crippen LogP contribution in [0.4, 0.5) is 0 Å². The van der Waals surface area contributed by atoms with Gasteiger partial charge in [-0.2, -0.15) is 0 Å². The maximum Gasteiger partial charge on any atom is 0.198 e. The summed E-state index contributed by atoms with van der Waals surface area (Å²) in [4.78, 5) is 22.0. The Balaban J connectivity index is 0.00000169. The van der Waals surface area contributed by atoms with Gasteiger partial charge in [0.15, 0.2) is 17.7 Å². The number of benzene rings is 1. The molecule has 1 unspecified atom stereocenters. The molecule has 1 N–H and O–H groups in total. The first-order valence-electron chi connectivity index (χ1n) is 3.90. The third-order valence-corrected chi connectivity index (χ3v) is 1.69. The third kappa shape index (κ3) is 3.08. The molecule has 74 valence electrons. The standard InChI is InChI=1S/C10H10O3.Cr/c1-7(11)9(12)10(13)8-5-3-2-4-6-8;/h2-6,9,12H,1H3;. The Morgan fingerprint density at radius 3 is 2.14 bits per heavy atom. The second kappa shape index (κ2) is 5.71. The first-order valence-corrected chi connectivity index (χ1v) is 3.90. The van der Waals surface area contributed by atoms with Crippen molar-refractivity contribution in [3.05, 3.63) is 35.9 Å². The van der Waals surface area contributed by atoms with E-state index in [1.807, 2.05) is 0 Å². The van der Waals surface area contributed by atoms with Crippen LogP contribution < -0.4 is 0 Å². The minimum atomic E-state index is -1.53. The summed E-state index contributed by atoms with van der Waals surface area (Å²) >= 11 is 0. The largest absolute Gasteiger partial charge is 0.377 e. The van der Waals surface area contributed by atoms with Gasteiger partial charge in [-0.3, -0.25) is 9.59 Å². The Morgan fingerprint density at radius 2 is 1.71 bits per heavy atom. The van der Waals surface area contributed by atoms with Crippen molar-refractivity contribution in [2.24, 2.45) is 0 Å². The van der Waals surface area contributed by atoms with Crippen LogP contribution in [-0.4, -0.2) is 22.8 Å². The predicted octanol–water partition coefficient (Wildman–Crippen LogP) is 0.817. The van der Waals surface area contributed by atoms with Gasteiger partial charge in [0.1, 0.15) is 0 Å². The molecule has 0 amide bonds. The molecule has 1 aromatic carbocycles. The summed E-state index contributed by atoms with van der Waals surface area (Å²) in [5.74, 6) is -1.08. The average Bonchev–Trinajstić information content (AvgIpc) is 2.17. The number of aliphatic hydroxyl groups is 1. The van der Waals surface area contributed by atoms with Crippen LogP contribution in [0.3, 0.4) is 0 Å².